The van der Waals surface area contributed by atoms with Crippen molar-refractivity contribution in [2.45, 2.75) is 44.3 Å². The Morgan fingerprint density at radius 3 is 2.55 bits per heavy atom. The van der Waals surface area contributed by atoms with Crippen LogP contribution in [0.25, 0.3) is 5.57 Å². The molecular weight excluding hydrogens is 277 g/mol. The largest absolute Gasteiger partial charge is 0.310 e. The Kier molecular flexibility index (Phi) is 5.11. The van der Waals surface area contributed by atoms with Crippen molar-refractivity contribution < 1.29 is 4.39 Å². The topological polar surface area (TPSA) is 36.8 Å². The molecule has 4 heteroatoms. The van der Waals surface area contributed by atoms with Crippen LogP contribution in [0, 0.1) is 5.82 Å². The van der Waals surface area contributed by atoms with E-state index in [1.165, 1.54) is 30.5 Å². The molecule has 1 aromatic carbocycles. The van der Waals surface area contributed by atoms with Crippen molar-refractivity contribution in [3.05, 3.63) is 41.7 Å². The van der Waals surface area contributed by atoms with Crippen molar-refractivity contribution in [1.29, 1.82) is 0 Å². The molecule has 22 heavy (non-hydrogen) atoms. The van der Waals surface area contributed by atoms with Gasteiger partial charge < -0.3 is 5.32 Å². The van der Waals surface area contributed by atoms with Gasteiger partial charge in [0.2, 0.25) is 0 Å². The Bertz CT molecular complexity index is 562. The van der Waals surface area contributed by atoms with E-state index in [1.54, 1.807) is 12.4 Å². The lowest BCUT2D eigenvalue weighted by Crippen LogP contribution is -2.32. The molecule has 0 aromatic heterocycles. The molecule has 2 aliphatic heterocycles. The molecule has 0 saturated carbocycles. The number of nitrogens with zero attached hydrogens (tertiary/aromatic N) is 2. The molecule has 2 heterocycles. The molecule has 3 rings (SSSR count). The fourth-order valence-electron chi connectivity index (χ4n) is 3.05. The summed E-state index contributed by atoms with van der Waals surface area (Å²) >= 11 is 0. The highest BCUT2D eigenvalue weighted by Crippen LogP contribution is 2.25. The molecule has 0 bridgehead atoms. The summed E-state index contributed by atoms with van der Waals surface area (Å²) in [5, 5.41) is 3.55. The number of rotatable bonds is 6. The van der Waals surface area contributed by atoms with Crippen molar-refractivity contribution >= 4 is 18.0 Å². The molecule has 0 saturated heterocycles. The number of aliphatic imine (C=N–C) groups is 2. The molecule has 1 aromatic rings. The number of nitrogens with one attached hydrogen (secondary N) is 1. The standard InChI is InChI=1S/C18H22FN3/c19-16-7-5-14(6-8-16)15-9-10-20-17(13-15)3-1-2-4-18-21-11-12-22-18/h5-9,11-12,17-18,20H,1-4,10,13H2. The van der Waals surface area contributed by atoms with Crippen LogP contribution < -0.4 is 5.32 Å². The molecule has 0 spiro atoms. The van der Waals surface area contributed by atoms with E-state index in [9.17, 15) is 4.39 Å². The average Bonchev–Trinajstić information content (AvgIpc) is 3.06. The van der Waals surface area contributed by atoms with Crippen molar-refractivity contribution in [3.8, 4) is 0 Å². The van der Waals surface area contributed by atoms with Gasteiger partial charge in [0.05, 0.1) is 0 Å². The van der Waals surface area contributed by atoms with E-state index < -0.39 is 0 Å². The van der Waals surface area contributed by atoms with Gasteiger partial charge in [0.25, 0.3) is 0 Å². The summed E-state index contributed by atoms with van der Waals surface area (Å²) in [6.45, 7) is 0.897. The molecule has 1 atom stereocenters. The lowest BCUT2D eigenvalue weighted by molar-refractivity contribution is 0.463. The Labute approximate surface area is 131 Å². The van der Waals surface area contributed by atoms with Gasteiger partial charge in [-0.2, -0.15) is 0 Å². The lowest BCUT2D eigenvalue weighted by atomic mass is 9.92. The summed E-state index contributed by atoms with van der Waals surface area (Å²) in [7, 11) is 0. The molecule has 3 nitrogen and oxygen atoms in total. The zero-order valence-electron chi connectivity index (χ0n) is 12.7. The van der Waals surface area contributed by atoms with E-state index in [-0.39, 0.29) is 12.0 Å². The SMILES string of the molecule is Fc1ccc(C2=CCNC(CCCCC3N=CC=N3)C2)cc1. The summed E-state index contributed by atoms with van der Waals surface area (Å²) in [6.07, 6.45) is 11.5. The number of halogens is 1. The summed E-state index contributed by atoms with van der Waals surface area (Å²) in [6, 6.07) is 7.34. The Balaban J connectivity index is 1.44. The first-order valence-corrected chi connectivity index (χ1v) is 8.04. The molecule has 0 radical (unpaired) electrons. The maximum absolute atomic E-state index is 13.0. The van der Waals surface area contributed by atoms with Crippen LogP contribution in [0.3, 0.4) is 0 Å². The van der Waals surface area contributed by atoms with E-state index in [2.05, 4.69) is 21.4 Å². The zero-order chi connectivity index (χ0) is 15.2. The Morgan fingerprint density at radius 1 is 1.05 bits per heavy atom. The van der Waals surface area contributed by atoms with Gasteiger partial charge in [0, 0.05) is 25.0 Å². The van der Waals surface area contributed by atoms with E-state index >= 15 is 0 Å². The maximum atomic E-state index is 13.0. The van der Waals surface area contributed by atoms with Crippen molar-refractivity contribution in [3.63, 3.8) is 0 Å². The molecule has 1 unspecified atom stereocenters. The average molecular weight is 299 g/mol. The summed E-state index contributed by atoms with van der Waals surface area (Å²) in [5.41, 5.74) is 2.47. The molecular formula is C18H22FN3. The van der Waals surface area contributed by atoms with Gasteiger partial charge in [-0.15, -0.1) is 0 Å². The third-order valence-corrected chi connectivity index (χ3v) is 4.28. The minimum absolute atomic E-state index is 0.161. The van der Waals surface area contributed by atoms with Gasteiger partial charge in [-0.25, -0.2) is 4.39 Å². The second kappa shape index (κ2) is 7.45. The van der Waals surface area contributed by atoms with Crippen LogP contribution in [0.4, 0.5) is 4.39 Å². The summed E-state index contributed by atoms with van der Waals surface area (Å²) in [5.74, 6) is -0.174. The van der Waals surface area contributed by atoms with E-state index in [0.717, 1.165) is 31.4 Å². The first kappa shape index (κ1) is 15.1. The highest BCUT2D eigenvalue weighted by Gasteiger charge is 2.16. The van der Waals surface area contributed by atoms with E-state index in [0.29, 0.717) is 6.04 Å². The number of unbranched alkanes of at least 4 members (excludes halogenated alkanes) is 1. The highest BCUT2D eigenvalue weighted by atomic mass is 19.1. The van der Waals surface area contributed by atoms with Crippen LogP contribution in [0.15, 0.2) is 40.3 Å². The normalized spacial score (nSPS) is 21.3. The van der Waals surface area contributed by atoms with Gasteiger partial charge in [-0.05, 0) is 49.0 Å². The van der Waals surface area contributed by atoms with Crippen LogP contribution in [0.1, 0.15) is 37.7 Å². The molecule has 0 aliphatic carbocycles. The van der Waals surface area contributed by atoms with Gasteiger partial charge in [-0.1, -0.05) is 24.6 Å². The molecule has 2 aliphatic rings. The van der Waals surface area contributed by atoms with Crippen LogP contribution in [-0.4, -0.2) is 31.2 Å². The quantitative estimate of drug-likeness (QED) is 0.800. The van der Waals surface area contributed by atoms with Crippen LogP contribution in [0.5, 0.6) is 0 Å². The van der Waals surface area contributed by atoms with E-state index in [4.69, 9.17) is 0 Å². The summed E-state index contributed by atoms with van der Waals surface area (Å²) < 4.78 is 13.0. The predicted molar refractivity (Wildman–Crippen MR) is 90.0 cm³/mol. The first-order chi connectivity index (χ1) is 10.8. The van der Waals surface area contributed by atoms with Gasteiger partial charge in [0.1, 0.15) is 12.0 Å². The van der Waals surface area contributed by atoms with Crippen LogP contribution in [-0.2, 0) is 0 Å². The number of hydrogen-bond donors (Lipinski definition) is 1. The third-order valence-electron chi connectivity index (χ3n) is 4.28. The summed E-state index contributed by atoms with van der Waals surface area (Å²) in [4.78, 5) is 8.55. The smallest absolute Gasteiger partial charge is 0.139 e. The number of hydrogen-bond acceptors (Lipinski definition) is 3. The second-order valence-corrected chi connectivity index (χ2v) is 5.91. The van der Waals surface area contributed by atoms with Crippen molar-refractivity contribution in [1.82, 2.24) is 5.32 Å². The van der Waals surface area contributed by atoms with Crippen LogP contribution in [0.2, 0.25) is 0 Å². The zero-order valence-corrected chi connectivity index (χ0v) is 12.7. The second-order valence-electron chi connectivity index (χ2n) is 5.91. The molecule has 0 amide bonds. The molecule has 0 fully saturated rings. The first-order valence-electron chi connectivity index (χ1n) is 8.04. The lowest BCUT2D eigenvalue weighted by Gasteiger charge is -2.24. The van der Waals surface area contributed by atoms with Gasteiger partial charge >= 0.3 is 0 Å². The Hall–Kier alpha value is -1.81. The van der Waals surface area contributed by atoms with Crippen molar-refractivity contribution in [2.24, 2.45) is 9.98 Å². The minimum Gasteiger partial charge on any atom is -0.310 e. The fourth-order valence-corrected chi connectivity index (χ4v) is 3.05. The maximum Gasteiger partial charge on any atom is 0.139 e. The van der Waals surface area contributed by atoms with Gasteiger partial charge in [-0.3, -0.25) is 9.98 Å². The fraction of sp³-hybridized carbons (Fsp3) is 0.444. The monoisotopic (exact) mass is 299 g/mol. The van der Waals surface area contributed by atoms with E-state index in [1.807, 2.05) is 12.1 Å². The third kappa shape index (κ3) is 4.10. The van der Waals surface area contributed by atoms with Crippen molar-refractivity contribution in [2.75, 3.05) is 6.54 Å². The minimum atomic E-state index is -0.174. The molecule has 1 N–H and O–H groups in total. The molecule has 116 valence electrons. The van der Waals surface area contributed by atoms with Crippen LogP contribution >= 0.6 is 0 Å². The highest BCUT2D eigenvalue weighted by molar-refractivity contribution is 6.17. The Morgan fingerprint density at radius 2 is 1.77 bits per heavy atom. The van der Waals surface area contributed by atoms with Gasteiger partial charge in [0.15, 0.2) is 0 Å². The predicted octanol–water partition coefficient (Wildman–Crippen LogP) is 3.61. The number of benzene rings is 1.